The molecule has 2 N–H and O–H groups in total. The predicted octanol–water partition coefficient (Wildman–Crippen LogP) is 11.0. The molecule has 6 aromatic carbocycles. The summed E-state index contributed by atoms with van der Waals surface area (Å²) in [4.78, 5) is 87.6. The maximum absolute atomic E-state index is 14.6. The normalized spacial score (nSPS) is 15.8. The number of nitrogens with one attached hydrogen (secondary N) is 2. The molecule has 4 amide bonds. The largest absolute Gasteiger partial charge is 0.493 e. The molecule has 2 saturated heterocycles. The summed E-state index contributed by atoms with van der Waals surface area (Å²) in [6, 6.07) is 39.5. The average molecular weight is 1290 g/mol. The fourth-order valence-corrected chi connectivity index (χ4v) is 12.3. The van der Waals surface area contributed by atoms with Gasteiger partial charge in [-0.05, 0) is 159 Å². The standard InChI is InChI=1S/C74H90N4O16/c1-9-57(53-43-63(85-3)69(89-7)64(44-53)86-4)71(81)77-39-19-17-31-59(77)73(83)93-61(35-33-49-23-13-11-14-24-49)51-27-21-29-55(41-51)91-47-67(79)75-37-38-76-68(80)48-92-56-30-22-28-52(42-56)62(36-34-50-25-15-12-16-26-50)94-74(84)60-32-18-20-40-78(60)72(82)58(10-2)54-45-65(87-5)70(90-8)66(46-54)88-6/h11-16,21-30,41-46,57-62H,9-10,17-20,31-40,47-48H2,1-8H3,(H,75,79)(H,76,80)/t57-,58-,59-,60-,61+,62+/m0/s1. The minimum Gasteiger partial charge on any atom is -0.493 e. The highest BCUT2D eigenvalue weighted by atomic mass is 16.6. The third kappa shape index (κ3) is 18.6. The first-order valence-electron chi connectivity index (χ1n) is 32.4. The maximum atomic E-state index is 14.6. The Hall–Kier alpha value is -9.46. The lowest BCUT2D eigenvalue weighted by Gasteiger charge is -2.37. The molecule has 2 aliphatic rings. The van der Waals surface area contributed by atoms with Gasteiger partial charge in [-0.15, -0.1) is 0 Å². The molecule has 94 heavy (non-hydrogen) atoms. The zero-order valence-corrected chi connectivity index (χ0v) is 55.3. The molecule has 0 unspecified atom stereocenters. The zero-order valence-electron chi connectivity index (χ0n) is 55.3. The second-order valence-corrected chi connectivity index (χ2v) is 23.2. The number of piperidine rings is 2. The Balaban J connectivity index is 0.846. The van der Waals surface area contributed by atoms with Crippen LogP contribution in [0.4, 0.5) is 0 Å². The minimum absolute atomic E-state index is 0.103. The van der Waals surface area contributed by atoms with Gasteiger partial charge in [0.1, 0.15) is 35.8 Å². The van der Waals surface area contributed by atoms with Gasteiger partial charge in [0.05, 0.1) is 54.5 Å². The fraction of sp³-hybridized carbons (Fsp3) is 0.432. The number of nitrogens with zero attached hydrogens (tertiary/aromatic N) is 2. The second-order valence-electron chi connectivity index (χ2n) is 23.2. The van der Waals surface area contributed by atoms with Crippen molar-refractivity contribution in [1.29, 1.82) is 0 Å². The van der Waals surface area contributed by atoms with E-state index in [9.17, 15) is 28.8 Å². The molecule has 6 aromatic rings. The smallest absolute Gasteiger partial charge is 0.329 e. The lowest BCUT2D eigenvalue weighted by molar-refractivity contribution is -0.162. The van der Waals surface area contributed by atoms with Gasteiger partial charge in [-0.25, -0.2) is 9.59 Å². The fourth-order valence-electron chi connectivity index (χ4n) is 12.3. The molecule has 8 rings (SSSR count). The van der Waals surface area contributed by atoms with Crippen molar-refractivity contribution in [2.45, 2.75) is 127 Å². The summed E-state index contributed by atoms with van der Waals surface area (Å²) in [5.41, 5.74) is 4.81. The van der Waals surface area contributed by atoms with Gasteiger partial charge in [-0.1, -0.05) is 98.8 Å². The van der Waals surface area contributed by atoms with Crippen LogP contribution in [0.5, 0.6) is 46.0 Å². The summed E-state index contributed by atoms with van der Waals surface area (Å²) in [6.45, 7) is 4.19. The summed E-state index contributed by atoms with van der Waals surface area (Å²) in [5, 5.41) is 5.55. The molecule has 2 heterocycles. The summed E-state index contributed by atoms with van der Waals surface area (Å²) in [5.74, 6) is -0.114. The molecular formula is C74H90N4O16. The molecule has 0 aromatic heterocycles. The Morgan fingerprint density at radius 1 is 0.447 bits per heavy atom. The number of amides is 4. The van der Waals surface area contributed by atoms with E-state index in [-0.39, 0.29) is 38.1 Å². The van der Waals surface area contributed by atoms with E-state index in [1.807, 2.05) is 86.6 Å². The molecule has 6 atom stereocenters. The Labute approximate surface area is 551 Å². The van der Waals surface area contributed by atoms with Crippen LogP contribution < -0.4 is 48.5 Å². The van der Waals surface area contributed by atoms with Crippen molar-refractivity contribution in [3.63, 3.8) is 0 Å². The van der Waals surface area contributed by atoms with Gasteiger partial charge in [0, 0.05) is 26.2 Å². The van der Waals surface area contributed by atoms with Gasteiger partial charge in [-0.3, -0.25) is 19.2 Å². The monoisotopic (exact) mass is 1290 g/mol. The van der Waals surface area contributed by atoms with Crippen LogP contribution in [0.15, 0.2) is 133 Å². The van der Waals surface area contributed by atoms with Crippen molar-refractivity contribution >= 4 is 35.6 Å². The van der Waals surface area contributed by atoms with Gasteiger partial charge in [0.25, 0.3) is 11.8 Å². The third-order valence-corrected chi connectivity index (χ3v) is 17.3. The number of aryl methyl sites for hydroxylation is 2. The van der Waals surface area contributed by atoms with E-state index in [1.54, 1.807) is 70.5 Å². The number of methoxy groups -OCH3 is 6. The Morgan fingerprint density at radius 2 is 0.819 bits per heavy atom. The number of carbonyl (C=O) groups excluding carboxylic acids is 6. The zero-order chi connectivity index (χ0) is 66.9. The number of esters is 2. The number of ether oxygens (including phenoxy) is 10. The summed E-state index contributed by atoms with van der Waals surface area (Å²) < 4.78 is 58.3. The van der Waals surface area contributed by atoms with Gasteiger partial charge < -0.3 is 67.8 Å². The van der Waals surface area contributed by atoms with Crippen molar-refractivity contribution in [2.75, 3.05) is 82.1 Å². The van der Waals surface area contributed by atoms with Crippen LogP contribution in [-0.4, -0.2) is 140 Å². The van der Waals surface area contributed by atoms with Crippen LogP contribution in [0, 0.1) is 0 Å². The molecule has 2 aliphatic heterocycles. The summed E-state index contributed by atoms with van der Waals surface area (Å²) in [7, 11) is 9.15. The van der Waals surface area contributed by atoms with Crippen molar-refractivity contribution in [3.05, 3.63) is 167 Å². The highest BCUT2D eigenvalue weighted by Crippen LogP contribution is 2.44. The predicted molar refractivity (Wildman–Crippen MR) is 354 cm³/mol. The van der Waals surface area contributed by atoms with E-state index in [0.717, 1.165) is 36.8 Å². The Bertz CT molecular complexity index is 3200. The molecule has 20 nitrogen and oxygen atoms in total. The van der Waals surface area contributed by atoms with Crippen LogP contribution in [0.1, 0.15) is 135 Å². The Kier molecular flexibility index (Phi) is 26.6. The van der Waals surface area contributed by atoms with Crippen molar-refractivity contribution in [1.82, 2.24) is 20.4 Å². The van der Waals surface area contributed by atoms with Crippen molar-refractivity contribution in [2.24, 2.45) is 0 Å². The summed E-state index contributed by atoms with van der Waals surface area (Å²) >= 11 is 0. The Morgan fingerprint density at radius 3 is 1.16 bits per heavy atom. The topological polar surface area (TPSA) is 225 Å². The average Bonchev–Trinajstić information content (AvgIpc) is 0.814. The first-order chi connectivity index (χ1) is 45.7. The first kappa shape index (κ1) is 70.4. The maximum Gasteiger partial charge on any atom is 0.329 e. The number of carbonyl (C=O) groups is 6. The molecular weight excluding hydrogens is 1200 g/mol. The molecule has 0 bridgehead atoms. The molecule has 0 spiro atoms. The lowest BCUT2D eigenvalue weighted by atomic mass is 9.91. The van der Waals surface area contributed by atoms with Crippen LogP contribution in [-0.2, 0) is 51.1 Å². The van der Waals surface area contributed by atoms with E-state index in [1.165, 1.54) is 42.7 Å². The molecule has 0 radical (unpaired) electrons. The van der Waals surface area contributed by atoms with Crippen LogP contribution >= 0.6 is 0 Å². The minimum atomic E-state index is -0.811. The SMILES string of the molecule is CC[C@H](C(=O)N1CCCC[C@H]1C(=O)O[C@H](CCc1ccccc1)c1cccc(OCC(=O)NCCNC(=O)COc2cccc([C@@H](CCc3ccccc3)OC(=O)[C@@H]3CCCCN3C(=O)[C@@H](CC)c3cc(OC)c(OC)c(OC)c3)c2)c1)c1cc(OC)c(OC)c(OC)c1. The van der Waals surface area contributed by atoms with E-state index in [4.69, 9.17) is 47.4 Å². The third-order valence-electron chi connectivity index (χ3n) is 17.3. The number of rotatable bonds is 33. The van der Waals surface area contributed by atoms with E-state index >= 15 is 0 Å². The number of hydrogen-bond donors (Lipinski definition) is 2. The first-order valence-corrected chi connectivity index (χ1v) is 32.4. The molecule has 502 valence electrons. The van der Waals surface area contributed by atoms with Crippen molar-refractivity contribution < 1.29 is 76.1 Å². The van der Waals surface area contributed by atoms with E-state index < -0.39 is 59.9 Å². The van der Waals surface area contributed by atoms with Crippen molar-refractivity contribution in [3.8, 4) is 46.0 Å². The van der Waals surface area contributed by atoms with Crippen LogP contribution in [0.2, 0.25) is 0 Å². The highest BCUT2D eigenvalue weighted by Gasteiger charge is 2.40. The van der Waals surface area contributed by atoms with E-state index in [0.29, 0.717) is 133 Å². The van der Waals surface area contributed by atoms with Crippen LogP contribution in [0.3, 0.4) is 0 Å². The summed E-state index contributed by atoms with van der Waals surface area (Å²) in [6.07, 6.45) is 5.41. The number of likely N-dealkylation sites (tertiary alicyclic amines) is 2. The lowest BCUT2D eigenvalue weighted by Crippen LogP contribution is -2.50. The van der Waals surface area contributed by atoms with E-state index in [2.05, 4.69) is 10.6 Å². The molecule has 20 heteroatoms. The molecule has 2 fully saturated rings. The quantitative estimate of drug-likeness (QED) is 0.0289. The highest BCUT2D eigenvalue weighted by molar-refractivity contribution is 5.90. The van der Waals surface area contributed by atoms with Gasteiger partial charge in [0.15, 0.2) is 36.2 Å². The molecule has 0 aliphatic carbocycles. The second kappa shape index (κ2) is 35.5. The molecule has 0 saturated carbocycles. The van der Waals surface area contributed by atoms with Gasteiger partial charge >= 0.3 is 11.9 Å². The van der Waals surface area contributed by atoms with Gasteiger partial charge in [-0.2, -0.15) is 0 Å². The number of hydrogen-bond acceptors (Lipinski definition) is 16. The van der Waals surface area contributed by atoms with Crippen LogP contribution in [0.25, 0.3) is 0 Å². The van der Waals surface area contributed by atoms with Gasteiger partial charge in [0.2, 0.25) is 23.3 Å². The number of benzene rings is 6.